The summed E-state index contributed by atoms with van der Waals surface area (Å²) in [5.74, 6) is 0. The zero-order valence-corrected chi connectivity index (χ0v) is 11.5. The molecule has 0 aliphatic heterocycles. The first-order valence-electron chi connectivity index (χ1n) is 5.83. The average Bonchev–Trinajstić information content (AvgIpc) is 2.26. The zero-order chi connectivity index (χ0) is 14.8. The molecule has 0 saturated carbocycles. The van der Waals surface area contributed by atoms with E-state index in [2.05, 4.69) is 5.32 Å². The molecule has 19 heavy (non-hydrogen) atoms. The third-order valence-electron chi connectivity index (χ3n) is 2.50. The maximum absolute atomic E-state index is 11.8. The minimum atomic E-state index is -0.871. The highest BCUT2D eigenvalue weighted by molar-refractivity contribution is 5.21. The number of hydrogen-bond donors (Lipinski definition) is 1. The molecule has 0 saturated heterocycles. The lowest BCUT2D eigenvalue weighted by molar-refractivity contribution is -0.387. The number of rotatable bonds is 4. The van der Waals surface area contributed by atoms with Gasteiger partial charge in [-0.05, 0) is 20.8 Å². The molecule has 1 N–H and O–H groups in total. The van der Waals surface area contributed by atoms with E-state index in [9.17, 15) is 19.7 Å². The molecule has 0 aliphatic carbocycles. The van der Waals surface area contributed by atoms with Crippen LogP contribution in [0.5, 0.6) is 0 Å². The van der Waals surface area contributed by atoms with Gasteiger partial charge in [-0.1, -0.05) is 0 Å². The fourth-order valence-electron chi connectivity index (χ4n) is 1.57. The van der Waals surface area contributed by atoms with Crippen molar-refractivity contribution in [1.29, 1.82) is 0 Å². The molecular weight excluding hydrogens is 252 g/mol. The average molecular weight is 270 g/mol. The number of aryl methyl sites for hydroxylation is 1. The van der Waals surface area contributed by atoms with Crippen LogP contribution in [-0.2, 0) is 13.6 Å². The molecule has 8 heteroatoms. The quantitative estimate of drug-likeness (QED) is 0.605. The van der Waals surface area contributed by atoms with Crippen molar-refractivity contribution in [3.05, 3.63) is 37.1 Å². The van der Waals surface area contributed by atoms with Crippen LogP contribution in [0.2, 0.25) is 0 Å². The van der Waals surface area contributed by atoms with Crippen LogP contribution in [0, 0.1) is 10.1 Å². The van der Waals surface area contributed by atoms with Gasteiger partial charge in [-0.2, -0.15) is 0 Å². The summed E-state index contributed by atoms with van der Waals surface area (Å²) in [7, 11) is 1.38. The fourth-order valence-corrected chi connectivity index (χ4v) is 1.57. The lowest BCUT2D eigenvalue weighted by Gasteiger charge is -2.20. The normalized spacial score (nSPS) is 11.6. The SMILES string of the molecule is Cn1cc([N+](=O)[O-])c(=O)n(CCNC(C)(C)C)c1=O. The molecule has 106 valence electrons. The first-order chi connectivity index (χ1) is 8.63. The van der Waals surface area contributed by atoms with Crippen LogP contribution < -0.4 is 16.6 Å². The standard InChI is InChI=1S/C11H18N4O4/c1-11(2,3)12-5-6-14-9(16)8(15(18)19)7-13(4)10(14)17/h7,12H,5-6H2,1-4H3. The Morgan fingerprint density at radius 2 is 1.95 bits per heavy atom. The summed E-state index contributed by atoms with van der Waals surface area (Å²) in [6, 6.07) is 0. The largest absolute Gasteiger partial charge is 0.350 e. The summed E-state index contributed by atoms with van der Waals surface area (Å²) in [5, 5.41) is 13.8. The van der Waals surface area contributed by atoms with E-state index in [1.807, 2.05) is 20.8 Å². The number of nitrogens with zero attached hydrogens (tertiary/aromatic N) is 3. The van der Waals surface area contributed by atoms with E-state index >= 15 is 0 Å². The summed E-state index contributed by atoms with van der Waals surface area (Å²) in [5.41, 5.74) is -2.19. The molecule has 0 atom stereocenters. The Hall–Kier alpha value is -1.96. The van der Waals surface area contributed by atoms with Gasteiger partial charge < -0.3 is 5.32 Å². The fraction of sp³-hybridized carbons (Fsp3) is 0.636. The predicted molar refractivity (Wildman–Crippen MR) is 70.4 cm³/mol. The minimum absolute atomic E-state index is 0.0878. The summed E-state index contributed by atoms with van der Waals surface area (Å²) >= 11 is 0. The second-order valence-corrected chi connectivity index (χ2v) is 5.30. The Morgan fingerprint density at radius 1 is 1.37 bits per heavy atom. The second kappa shape index (κ2) is 5.35. The molecule has 1 aromatic heterocycles. The van der Waals surface area contributed by atoms with Crippen LogP contribution in [0.1, 0.15) is 20.8 Å². The second-order valence-electron chi connectivity index (χ2n) is 5.30. The van der Waals surface area contributed by atoms with Crippen LogP contribution in [0.4, 0.5) is 5.69 Å². The summed E-state index contributed by atoms with van der Waals surface area (Å²) in [4.78, 5) is 33.6. The molecule has 1 rings (SSSR count). The minimum Gasteiger partial charge on any atom is -0.310 e. The van der Waals surface area contributed by atoms with Gasteiger partial charge in [0, 0.05) is 25.7 Å². The monoisotopic (exact) mass is 270 g/mol. The van der Waals surface area contributed by atoms with Crippen LogP contribution in [0.15, 0.2) is 15.8 Å². The molecule has 0 radical (unpaired) electrons. The van der Waals surface area contributed by atoms with Gasteiger partial charge in [0.15, 0.2) is 0 Å². The summed E-state index contributed by atoms with van der Waals surface area (Å²) < 4.78 is 1.91. The van der Waals surface area contributed by atoms with E-state index in [1.165, 1.54) is 7.05 Å². The molecule has 0 aromatic carbocycles. The topological polar surface area (TPSA) is 99.2 Å². The molecule has 0 amide bonds. The number of nitrogens with one attached hydrogen (secondary N) is 1. The Labute approximate surface area is 109 Å². The van der Waals surface area contributed by atoms with Gasteiger partial charge in [0.05, 0.1) is 11.1 Å². The van der Waals surface area contributed by atoms with Gasteiger partial charge in [-0.25, -0.2) is 4.79 Å². The number of nitro groups is 1. The highest BCUT2D eigenvalue weighted by Crippen LogP contribution is 2.00. The van der Waals surface area contributed by atoms with Crippen molar-refractivity contribution in [3.63, 3.8) is 0 Å². The molecule has 0 bridgehead atoms. The summed E-state index contributed by atoms with van der Waals surface area (Å²) in [6.07, 6.45) is 0.943. The van der Waals surface area contributed by atoms with Crippen molar-refractivity contribution in [2.45, 2.75) is 32.9 Å². The Balaban J connectivity index is 3.10. The maximum atomic E-state index is 11.8. The van der Waals surface area contributed by atoms with E-state index in [0.29, 0.717) is 6.54 Å². The van der Waals surface area contributed by atoms with Gasteiger partial charge in [-0.15, -0.1) is 0 Å². The maximum Gasteiger partial charge on any atom is 0.350 e. The Bertz CT molecular complexity index is 594. The molecule has 0 aliphatic rings. The Morgan fingerprint density at radius 3 is 2.42 bits per heavy atom. The van der Waals surface area contributed by atoms with Gasteiger partial charge in [0.2, 0.25) is 0 Å². The third kappa shape index (κ3) is 3.75. The van der Waals surface area contributed by atoms with E-state index in [0.717, 1.165) is 15.3 Å². The van der Waals surface area contributed by atoms with Crippen LogP contribution in [0.25, 0.3) is 0 Å². The van der Waals surface area contributed by atoms with Gasteiger partial charge in [0.1, 0.15) is 0 Å². The van der Waals surface area contributed by atoms with Crippen LogP contribution >= 0.6 is 0 Å². The van der Waals surface area contributed by atoms with E-state index in [1.54, 1.807) is 0 Å². The van der Waals surface area contributed by atoms with Gasteiger partial charge in [-0.3, -0.25) is 24.0 Å². The van der Waals surface area contributed by atoms with Crippen LogP contribution in [0.3, 0.4) is 0 Å². The lowest BCUT2D eigenvalue weighted by Crippen LogP contribution is -2.44. The molecule has 1 aromatic rings. The highest BCUT2D eigenvalue weighted by atomic mass is 16.6. The molecule has 0 unspecified atom stereocenters. The van der Waals surface area contributed by atoms with Crippen molar-refractivity contribution >= 4 is 5.69 Å². The first kappa shape index (κ1) is 15.1. The van der Waals surface area contributed by atoms with E-state index in [4.69, 9.17) is 0 Å². The third-order valence-corrected chi connectivity index (χ3v) is 2.50. The van der Waals surface area contributed by atoms with Crippen molar-refractivity contribution in [1.82, 2.24) is 14.5 Å². The van der Waals surface area contributed by atoms with Gasteiger partial charge in [0.25, 0.3) is 0 Å². The first-order valence-corrected chi connectivity index (χ1v) is 5.83. The van der Waals surface area contributed by atoms with E-state index in [-0.39, 0.29) is 12.1 Å². The number of aromatic nitrogens is 2. The van der Waals surface area contributed by atoms with Crippen molar-refractivity contribution < 1.29 is 4.92 Å². The van der Waals surface area contributed by atoms with Crippen molar-refractivity contribution in [3.8, 4) is 0 Å². The van der Waals surface area contributed by atoms with Crippen molar-refractivity contribution in [2.75, 3.05) is 6.54 Å². The number of hydrogen-bond acceptors (Lipinski definition) is 5. The van der Waals surface area contributed by atoms with Gasteiger partial charge >= 0.3 is 16.9 Å². The molecule has 8 nitrogen and oxygen atoms in total. The lowest BCUT2D eigenvalue weighted by atomic mass is 10.1. The van der Waals surface area contributed by atoms with Crippen LogP contribution in [-0.4, -0.2) is 26.1 Å². The highest BCUT2D eigenvalue weighted by Gasteiger charge is 2.18. The smallest absolute Gasteiger partial charge is 0.310 e. The summed E-state index contributed by atoms with van der Waals surface area (Å²) in [6.45, 7) is 6.30. The predicted octanol–water partition coefficient (Wildman–Crippen LogP) is -0.157. The molecular formula is C11H18N4O4. The zero-order valence-electron chi connectivity index (χ0n) is 11.5. The molecule has 0 spiro atoms. The molecule has 0 fully saturated rings. The molecule has 1 heterocycles. The van der Waals surface area contributed by atoms with Crippen molar-refractivity contribution in [2.24, 2.45) is 7.05 Å². The van der Waals surface area contributed by atoms with E-state index < -0.39 is 21.9 Å². The Kier molecular flexibility index (Phi) is 4.25.